The summed E-state index contributed by atoms with van der Waals surface area (Å²) in [5.74, 6) is -0.505. The monoisotopic (exact) mass is 412 g/mol. The van der Waals surface area contributed by atoms with Gasteiger partial charge in [-0.3, -0.25) is 19.6 Å². The number of nitrogens with zero attached hydrogens (tertiary/aromatic N) is 5. The summed E-state index contributed by atoms with van der Waals surface area (Å²) in [6.45, 7) is 7.95. The maximum atomic E-state index is 12.8. The van der Waals surface area contributed by atoms with Crippen LogP contribution in [0.4, 0.5) is 11.4 Å². The van der Waals surface area contributed by atoms with Gasteiger partial charge < -0.3 is 10.1 Å². The molecule has 0 aliphatic rings. The molecule has 0 saturated heterocycles. The predicted molar refractivity (Wildman–Crippen MR) is 111 cm³/mol. The van der Waals surface area contributed by atoms with Crippen molar-refractivity contribution in [3.63, 3.8) is 0 Å². The smallest absolute Gasteiger partial charge is 0.350 e. The number of nitro groups is 1. The Kier molecular flexibility index (Phi) is 5.86. The number of hydrogen-bond donors (Lipinski definition) is 1. The summed E-state index contributed by atoms with van der Waals surface area (Å²) in [4.78, 5) is 23.3. The van der Waals surface area contributed by atoms with Crippen LogP contribution in [0.3, 0.4) is 0 Å². The summed E-state index contributed by atoms with van der Waals surface area (Å²) >= 11 is 0. The quantitative estimate of drug-likeness (QED) is 0.470. The van der Waals surface area contributed by atoms with Gasteiger partial charge in [-0.2, -0.15) is 5.10 Å². The largest absolute Gasteiger partial charge is 0.475 e. The van der Waals surface area contributed by atoms with Gasteiger partial charge in [0.15, 0.2) is 0 Å². The van der Waals surface area contributed by atoms with Crippen LogP contribution in [0.1, 0.15) is 35.5 Å². The van der Waals surface area contributed by atoms with Gasteiger partial charge in [-0.25, -0.2) is 4.68 Å². The van der Waals surface area contributed by atoms with E-state index in [2.05, 4.69) is 15.5 Å². The van der Waals surface area contributed by atoms with E-state index < -0.39 is 11.0 Å². The Morgan fingerprint density at radius 1 is 1.27 bits per heavy atom. The van der Waals surface area contributed by atoms with E-state index in [0.717, 1.165) is 11.3 Å². The van der Waals surface area contributed by atoms with E-state index in [1.807, 2.05) is 49.7 Å². The highest BCUT2D eigenvalue weighted by Gasteiger charge is 2.26. The van der Waals surface area contributed by atoms with Gasteiger partial charge in [0.25, 0.3) is 0 Å². The number of ether oxygens (including phenoxy) is 1. The lowest BCUT2D eigenvalue weighted by molar-refractivity contribution is -0.385. The van der Waals surface area contributed by atoms with Crippen LogP contribution in [-0.4, -0.2) is 37.5 Å². The van der Waals surface area contributed by atoms with Gasteiger partial charge in [0, 0.05) is 0 Å². The van der Waals surface area contributed by atoms with Crippen molar-refractivity contribution in [1.82, 2.24) is 19.6 Å². The zero-order valence-electron chi connectivity index (χ0n) is 17.5. The third-order valence-corrected chi connectivity index (χ3v) is 5.06. The summed E-state index contributed by atoms with van der Waals surface area (Å²) in [5, 5.41) is 22.5. The molecule has 10 heteroatoms. The standard InChI is InChI=1S/C20H24N6O4/c1-12-8-6-7-9-16(12)10-24-14(3)18(13(2)22-24)21-19(27)15(4)25-11-17(26(28)29)20(23-25)30-5/h6-9,11,15H,10H2,1-5H3,(H,21,27). The lowest BCUT2D eigenvalue weighted by Crippen LogP contribution is -2.24. The molecule has 2 heterocycles. The highest BCUT2D eigenvalue weighted by atomic mass is 16.6. The Balaban J connectivity index is 1.81. The molecule has 1 aromatic carbocycles. The zero-order chi connectivity index (χ0) is 22.0. The van der Waals surface area contributed by atoms with Crippen LogP contribution in [-0.2, 0) is 11.3 Å². The number of aromatic nitrogens is 4. The first kappa shape index (κ1) is 21.0. The van der Waals surface area contributed by atoms with Crippen LogP contribution in [0.2, 0.25) is 0 Å². The molecule has 0 radical (unpaired) electrons. The molecule has 158 valence electrons. The zero-order valence-corrected chi connectivity index (χ0v) is 17.5. The Labute approximate surface area is 173 Å². The van der Waals surface area contributed by atoms with E-state index >= 15 is 0 Å². The third-order valence-electron chi connectivity index (χ3n) is 5.06. The topological polar surface area (TPSA) is 117 Å². The molecule has 10 nitrogen and oxygen atoms in total. The van der Waals surface area contributed by atoms with Crippen LogP contribution < -0.4 is 10.1 Å². The number of benzene rings is 1. The van der Waals surface area contributed by atoms with E-state index in [1.165, 1.54) is 23.6 Å². The maximum absolute atomic E-state index is 12.8. The van der Waals surface area contributed by atoms with Crippen LogP contribution in [0.5, 0.6) is 5.88 Å². The van der Waals surface area contributed by atoms with Crippen molar-refractivity contribution in [1.29, 1.82) is 0 Å². The highest BCUT2D eigenvalue weighted by Crippen LogP contribution is 2.27. The molecule has 0 fully saturated rings. The number of carbonyl (C=O) groups excluding carboxylic acids is 1. The summed E-state index contributed by atoms with van der Waals surface area (Å²) in [7, 11) is 1.29. The van der Waals surface area contributed by atoms with E-state index in [9.17, 15) is 14.9 Å². The fourth-order valence-corrected chi connectivity index (χ4v) is 3.16. The number of amides is 1. The lowest BCUT2D eigenvalue weighted by atomic mass is 10.1. The van der Waals surface area contributed by atoms with Gasteiger partial charge in [-0.05, 0) is 38.8 Å². The van der Waals surface area contributed by atoms with Crippen molar-refractivity contribution in [2.45, 2.75) is 40.3 Å². The van der Waals surface area contributed by atoms with Crippen LogP contribution in [0.25, 0.3) is 0 Å². The summed E-state index contributed by atoms with van der Waals surface area (Å²) in [6, 6.07) is 7.27. The average Bonchev–Trinajstić information content (AvgIpc) is 3.26. The molecule has 0 bridgehead atoms. The predicted octanol–water partition coefficient (Wildman–Crippen LogP) is 3.17. The lowest BCUT2D eigenvalue weighted by Gasteiger charge is -2.13. The molecule has 1 N–H and O–H groups in total. The van der Waals surface area contributed by atoms with Crippen LogP contribution in [0, 0.1) is 30.9 Å². The van der Waals surface area contributed by atoms with E-state index in [0.29, 0.717) is 17.9 Å². The second-order valence-electron chi connectivity index (χ2n) is 7.06. The second-order valence-corrected chi connectivity index (χ2v) is 7.06. The fraction of sp³-hybridized carbons (Fsp3) is 0.350. The minimum absolute atomic E-state index is 0.141. The Hall–Kier alpha value is -3.69. The summed E-state index contributed by atoms with van der Waals surface area (Å²) < 4.78 is 7.99. The molecular weight excluding hydrogens is 388 g/mol. The molecule has 0 aliphatic carbocycles. The number of carbonyl (C=O) groups is 1. The van der Waals surface area contributed by atoms with Gasteiger partial charge in [0.2, 0.25) is 5.91 Å². The number of aryl methyl sites for hydroxylation is 2. The van der Waals surface area contributed by atoms with Crippen molar-refractivity contribution in [2.24, 2.45) is 0 Å². The summed E-state index contributed by atoms with van der Waals surface area (Å²) in [5.41, 5.74) is 4.14. The van der Waals surface area contributed by atoms with Crippen molar-refractivity contribution in [3.05, 3.63) is 63.1 Å². The first-order valence-electron chi connectivity index (χ1n) is 9.39. The van der Waals surface area contributed by atoms with Crippen molar-refractivity contribution >= 4 is 17.3 Å². The fourth-order valence-electron chi connectivity index (χ4n) is 3.16. The minimum Gasteiger partial charge on any atom is -0.475 e. The Morgan fingerprint density at radius 2 is 1.97 bits per heavy atom. The van der Waals surface area contributed by atoms with Crippen molar-refractivity contribution in [3.8, 4) is 5.88 Å². The molecule has 3 rings (SSSR count). The molecular formula is C20H24N6O4. The molecule has 2 aromatic heterocycles. The van der Waals surface area contributed by atoms with Gasteiger partial charge in [0.05, 0.1) is 35.7 Å². The second kappa shape index (κ2) is 8.36. The van der Waals surface area contributed by atoms with Gasteiger partial charge in [-0.15, -0.1) is 5.10 Å². The van der Waals surface area contributed by atoms with Crippen molar-refractivity contribution < 1.29 is 14.5 Å². The Morgan fingerprint density at radius 3 is 2.57 bits per heavy atom. The number of hydrogen-bond acceptors (Lipinski definition) is 6. The highest BCUT2D eigenvalue weighted by molar-refractivity contribution is 5.94. The average molecular weight is 412 g/mol. The molecule has 1 amide bonds. The van der Waals surface area contributed by atoms with E-state index in [1.54, 1.807) is 6.92 Å². The molecule has 0 spiro atoms. The molecule has 3 aromatic rings. The molecule has 1 unspecified atom stereocenters. The van der Waals surface area contributed by atoms with Gasteiger partial charge >= 0.3 is 11.6 Å². The first-order valence-corrected chi connectivity index (χ1v) is 9.39. The number of rotatable bonds is 7. The SMILES string of the molecule is COc1nn(C(C)C(=O)Nc2c(C)nn(Cc3ccccc3C)c2C)cc1[N+](=O)[O-]. The number of methoxy groups -OCH3 is 1. The van der Waals surface area contributed by atoms with Crippen molar-refractivity contribution in [2.75, 3.05) is 12.4 Å². The molecule has 0 saturated carbocycles. The van der Waals surface area contributed by atoms with E-state index in [4.69, 9.17) is 4.74 Å². The van der Waals surface area contributed by atoms with Gasteiger partial charge in [0.1, 0.15) is 12.2 Å². The Bertz CT molecular complexity index is 1100. The number of nitrogens with one attached hydrogen (secondary N) is 1. The first-order chi connectivity index (χ1) is 14.2. The van der Waals surface area contributed by atoms with E-state index in [-0.39, 0.29) is 17.5 Å². The normalized spacial score (nSPS) is 11.9. The van der Waals surface area contributed by atoms with Crippen LogP contribution in [0.15, 0.2) is 30.5 Å². The third kappa shape index (κ3) is 4.02. The molecule has 30 heavy (non-hydrogen) atoms. The van der Waals surface area contributed by atoms with Gasteiger partial charge in [-0.1, -0.05) is 24.3 Å². The molecule has 0 aliphatic heterocycles. The van der Waals surface area contributed by atoms with Crippen LogP contribution >= 0.6 is 0 Å². The molecule has 1 atom stereocenters. The summed E-state index contributed by atoms with van der Waals surface area (Å²) in [6.07, 6.45) is 1.18. The number of anilines is 1. The minimum atomic E-state index is -0.786. The maximum Gasteiger partial charge on any atom is 0.350 e.